The zero-order chi connectivity index (χ0) is 23.9. The summed E-state index contributed by atoms with van der Waals surface area (Å²) in [5.74, 6) is 0.918. The van der Waals surface area contributed by atoms with E-state index in [2.05, 4.69) is 116 Å². The fraction of sp³-hybridized carbons (Fsp3) is 0.172. The predicted octanol–water partition coefficient (Wildman–Crippen LogP) is 7.66. The van der Waals surface area contributed by atoms with Gasteiger partial charge in [-0.1, -0.05) is 82.7 Å². The molecule has 1 aliphatic rings. The van der Waals surface area contributed by atoms with Crippen LogP contribution in [-0.2, 0) is 13.0 Å². The van der Waals surface area contributed by atoms with Crippen molar-refractivity contribution in [3.05, 3.63) is 100 Å². The first-order valence-corrected chi connectivity index (χ1v) is 13.1. The summed E-state index contributed by atoms with van der Waals surface area (Å²) in [6.07, 6.45) is 3.25. The molecule has 0 fully saturated rings. The minimum atomic E-state index is 0.703. The minimum Gasteiger partial charge on any atom is -0.345 e. The first kappa shape index (κ1) is 22.3. The number of thiocarbonyl (C=S) groups is 1. The second-order valence-corrected chi connectivity index (χ2v) is 10.4. The van der Waals surface area contributed by atoms with Crippen molar-refractivity contribution in [2.45, 2.75) is 32.7 Å². The van der Waals surface area contributed by atoms with Crippen molar-refractivity contribution in [1.29, 1.82) is 0 Å². The molecule has 0 bridgehead atoms. The van der Waals surface area contributed by atoms with Gasteiger partial charge in [0.15, 0.2) is 5.82 Å². The molecule has 35 heavy (non-hydrogen) atoms. The lowest BCUT2D eigenvalue weighted by molar-refractivity contribution is 0.590. The monoisotopic (exact) mass is 540 g/mol. The summed E-state index contributed by atoms with van der Waals surface area (Å²) in [4.78, 5) is 0.703. The molecule has 0 spiro atoms. The van der Waals surface area contributed by atoms with Gasteiger partial charge in [0.25, 0.3) is 0 Å². The van der Waals surface area contributed by atoms with Gasteiger partial charge in [-0.25, -0.2) is 4.68 Å². The molecule has 174 valence electrons. The molecule has 0 saturated heterocycles. The molecule has 3 aromatic carbocycles. The lowest BCUT2D eigenvalue weighted by atomic mass is 9.98. The summed E-state index contributed by atoms with van der Waals surface area (Å²) in [5.41, 5.74) is 9.14. The topological polar surface area (TPSA) is 34.3 Å². The Balaban J connectivity index is 1.65. The Labute approximate surface area is 218 Å². The zero-order valence-electron chi connectivity index (χ0n) is 19.5. The molecule has 0 saturated carbocycles. The van der Waals surface area contributed by atoms with E-state index in [1.165, 1.54) is 22.3 Å². The van der Waals surface area contributed by atoms with Gasteiger partial charge in [0.1, 0.15) is 10.6 Å². The van der Waals surface area contributed by atoms with E-state index in [0.29, 0.717) is 4.99 Å². The molecular formula is C29H25BrN4S. The molecule has 0 aliphatic carbocycles. The van der Waals surface area contributed by atoms with Gasteiger partial charge in [-0.05, 0) is 61.6 Å². The standard InChI is InChI=1S/C29H25BrN4S/c1-19-8-7-11-23(18-19)31-28(35)26-25(20-9-3-2-4-10-20)24-12-5-6-17-33-29(24)34(26)27(32-33)21-13-15-22(30)16-14-21/h2-4,7-11,13-16,18H,5-6,12,17H2,1H3,(H,31,35). The first-order valence-electron chi connectivity index (χ1n) is 11.9. The summed E-state index contributed by atoms with van der Waals surface area (Å²) in [6.45, 7) is 3.00. The van der Waals surface area contributed by atoms with Crippen LogP contribution in [0.15, 0.2) is 83.3 Å². The number of hydrogen-bond donors (Lipinski definition) is 1. The molecule has 1 aliphatic heterocycles. The number of anilines is 1. The third kappa shape index (κ3) is 4.01. The highest BCUT2D eigenvalue weighted by atomic mass is 79.9. The predicted molar refractivity (Wildman–Crippen MR) is 151 cm³/mol. The molecule has 4 nitrogen and oxygen atoms in total. The van der Waals surface area contributed by atoms with E-state index in [1.807, 2.05) is 0 Å². The van der Waals surface area contributed by atoms with Gasteiger partial charge in [-0.15, -0.1) is 0 Å². The Bertz CT molecular complexity index is 1550. The van der Waals surface area contributed by atoms with Crippen LogP contribution in [0, 0.1) is 6.92 Å². The van der Waals surface area contributed by atoms with Crippen LogP contribution in [0.3, 0.4) is 0 Å². The van der Waals surface area contributed by atoms with Crippen molar-refractivity contribution in [3.8, 4) is 22.5 Å². The van der Waals surface area contributed by atoms with Crippen molar-refractivity contribution in [3.63, 3.8) is 0 Å². The van der Waals surface area contributed by atoms with Crippen LogP contribution in [0.25, 0.3) is 28.2 Å². The van der Waals surface area contributed by atoms with Gasteiger partial charge >= 0.3 is 0 Å². The number of rotatable bonds is 4. The lowest BCUT2D eigenvalue weighted by Gasteiger charge is -2.13. The van der Waals surface area contributed by atoms with E-state index in [4.69, 9.17) is 17.3 Å². The van der Waals surface area contributed by atoms with Crippen molar-refractivity contribution in [2.24, 2.45) is 0 Å². The van der Waals surface area contributed by atoms with Gasteiger partial charge in [0, 0.05) is 33.4 Å². The molecule has 0 unspecified atom stereocenters. The van der Waals surface area contributed by atoms with E-state index in [0.717, 1.165) is 58.7 Å². The molecule has 6 heteroatoms. The van der Waals surface area contributed by atoms with Gasteiger partial charge in [0.2, 0.25) is 0 Å². The average molecular weight is 542 g/mol. The van der Waals surface area contributed by atoms with Crippen LogP contribution < -0.4 is 5.32 Å². The SMILES string of the molecule is Cc1cccc(NC(=S)c2c(-c3ccccc3)c3c4n(nc(-c5ccc(Br)cc5)n24)CCCC3)c1. The summed E-state index contributed by atoms with van der Waals surface area (Å²) in [7, 11) is 0. The molecule has 3 heterocycles. The van der Waals surface area contributed by atoms with Crippen LogP contribution in [0.2, 0.25) is 0 Å². The Morgan fingerprint density at radius 2 is 1.74 bits per heavy atom. The largest absolute Gasteiger partial charge is 0.345 e. The Morgan fingerprint density at radius 1 is 0.943 bits per heavy atom. The molecular weight excluding hydrogens is 516 g/mol. The average Bonchev–Trinajstić information content (AvgIpc) is 3.30. The van der Waals surface area contributed by atoms with Crippen LogP contribution in [-0.4, -0.2) is 19.2 Å². The number of benzene rings is 3. The van der Waals surface area contributed by atoms with Gasteiger partial charge in [-0.2, -0.15) is 5.10 Å². The zero-order valence-corrected chi connectivity index (χ0v) is 21.9. The van der Waals surface area contributed by atoms with E-state index < -0.39 is 0 Å². The Kier molecular flexibility index (Phi) is 5.78. The van der Waals surface area contributed by atoms with E-state index in [-0.39, 0.29) is 0 Å². The number of nitrogens with zero attached hydrogens (tertiary/aromatic N) is 3. The summed E-state index contributed by atoms with van der Waals surface area (Å²) in [6, 6.07) is 27.4. The highest BCUT2D eigenvalue weighted by molar-refractivity contribution is 9.10. The smallest absolute Gasteiger partial charge is 0.166 e. The van der Waals surface area contributed by atoms with E-state index in [9.17, 15) is 0 Å². The number of hydrogen-bond acceptors (Lipinski definition) is 2. The third-order valence-corrected chi connectivity index (χ3v) is 7.44. The van der Waals surface area contributed by atoms with Crippen molar-refractivity contribution < 1.29 is 0 Å². The highest BCUT2D eigenvalue weighted by Crippen LogP contribution is 2.39. The van der Waals surface area contributed by atoms with Crippen LogP contribution in [0.4, 0.5) is 5.69 Å². The quantitative estimate of drug-likeness (QED) is 0.237. The maximum Gasteiger partial charge on any atom is 0.166 e. The number of nitrogens with one attached hydrogen (secondary N) is 1. The number of aromatic nitrogens is 3. The number of halogens is 1. The Hall–Kier alpha value is -3.22. The maximum absolute atomic E-state index is 6.14. The molecule has 0 radical (unpaired) electrons. The minimum absolute atomic E-state index is 0.703. The maximum atomic E-state index is 6.14. The fourth-order valence-electron chi connectivity index (χ4n) is 5.08. The molecule has 2 aromatic heterocycles. The van der Waals surface area contributed by atoms with Crippen molar-refractivity contribution in [1.82, 2.24) is 14.2 Å². The second kappa shape index (κ2) is 9.10. The molecule has 6 rings (SSSR count). The van der Waals surface area contributed by atoms with Crippen molar-refractivity contribution >= 4 is 44.5 Å². The molecule has 0 atom stereocenters. The van der Waals surface area contributed by atoms with Crippen LogP contribution in [0.1, 0.15) is 29.7 Å². The van der Waals surface area contributed by atoms with Crippen LogP contribution in [0.5, 0.6) is 0 Å². The van der Waals surface area contributed by atoms with Crippen molar-refractivity contribution in [2.75, 3.05) is 5.32 Å². The van der Waals surface area contributed by atoms with E-state index >= 15 is 0 Å². The summed E-state index contributed by atoms with van der Waals surface area (Å²) in [5, 5.41) is 8.65. The summed E-state index contributed by atoms with van der Waals surface area (Å²) < 4.78 is 5.52. The third-order valence-electron chi connectivity index (χ3n) is 6.62. The lowest BCUT2D eigenvalue weighted by Crippen LogP contribution is -2.15. The molecule has 0 amide bonds. The molecule has 1 N–H and O–H groups in total. The van der Waals surface area contributed by atoms with Crippen LogP contribution >= 0.6 is 28.1 Å². The van der Waals surface area contributed by atoms with Gasteiger partial charge < -0.3 is 5.32 Å². The summed E-state index contributed by atoms with van der Waals surface area (Å²) >= 11 is 9.71. The van der Waals surface area contributed by atoms with E-state index in [1.54, 1.807) is 0 Å². The number of aryl methyl sites for hydroxylation is 3. The van der Waals surface area contributed by atoms with Gasteiger partial charge in [-0.3, -0.25) is 4.40 Å². The fourth-order valence-corrected chi connectivity index (χ4v) is 5.65. The normalized spacial score (nSPS) is 13.1. The highest BCUT2D eigenvalue weighted by Gasteiger charge is 2.29. The second-order valence-electron chi connectivity index (χ2n) is 9.06. The first-order chi connectivity index (χ1) is 17.1. The molecule has 5 aromatic rings. The van der Waals surface area contributed by atoms with Gasteiger partial charge in [0.05, 0.1) is 5.69 Å². The Morgan fingerprint density at radius 3 is 2.51 bits per heavy atom.